The fraction of sp³-hybridized carbons (Fsp3) is 0.900. The Balaban J connectivity index is 6.26. The SMILES string of the molecule is C[CH](C)[Sn]([C]#[C][Sn]([CH](C)C)([CH](C)C)[CH](C)C)([CH](C)C)[CH](C)C. The van der Waals surface area contributed by atoms with E-state index in [4.69, 9.17) is 0 Å². The van der Waals surface area contributed by atoms with Gasteiger partial charge in [-0.2, -0.15) is 0 Å². The van der Waals surface area contributed by atoms with Crippen molar-refractivity contribution in [1.29, 1.82) is 0 Å². The Kier molecular flexibility index (Phi) is 9.50. The molecule has 0 aliphatic rings. The van der Waals surface area contributed by atoms with Gasteiger partial charge in [0.15, 0.2) is 0 Å². The Morgan fingerprint density at radius 2 is 0.500 bits per heavy atom. The average molecular weight is 520 g/mol. The fourth-order valence-electron chi connectivity index (χ4n) is 5.08. The first-order chi connectivity index (χ1) is 9.87. The molecule has 0 heterocycles. The van der Waals surface area contributed by atoms with E-state index in [9.17, 15) is 0 Å². The first kappa shape index (κ1) is 23.2. The summed E-state index contributed by atoms with van der Waals surface area (Å²) in [6.07, 6.45) is 0. The standard InChI is InChI=1S/6C3H7.C2.2Sn/c6*1-3-2;1-2;;/h6*3H,1-2H3;;;. The van der Waals surface area contributed by atoms with Crippen molar-refractivity contribution < 1.29 is 0 Å². The van der Waals surface area contributed by atoms with Gasteiger partial charge in [-0.1, -0.05) is 0 Å². The van der Waals surface area contributed by atoms with Crippen LogP contribution in [-0.2, 0) is 0 Å². The van der Waals surface area contributed by atoms with Gasteiger partial charge in [-0.05, 0) is 0 Å². The molecule has 22 heavy (non-hydrogen) atoms. The summed E-state index contributed by atoms with van der Waals surface area (Å²) in [6.45, 7) is 29.5. The van der Waals surface area contributed by atoms with Gasteiger partial charge in [-0.15, -0.1) is 0 Å². The first-order valence-electron chi connectivity index (χ1n) is 9.41. The maximum atomic E-state index is 4.17. The average Bonchev–Trinajstić information content (AvgIpc) is 2.31. The van der Waals surface area contributed by atoms with Gasteiger partial charge in [0.1, 0.15) is 0 Å². The number of rotatable bonds is 6. The molecule has 0 N–H and O–H groups in total. The predicted octanol–water partition coefficient (Wildman–Crippen LogP) is 7.43. The normalized spacial score (nSPS) is 13.7. The van der Waals surface area contributed by atoms with E-state index in [0.29, 0.717) is 0 Å². The molecule has 0 radical (unpaired) electrons. The topological polar surface area (TPSA) is 0 Å². The summed E-state index contributed by atoms with van der Waals surface area (Å²) >= 11 is -4.95. The molecule has 0 nitrogen and oxygen atoms in total. The zero-order chi connectivity index (χ0) is 17.9. The Morgan fingerprint density at radius 1 is 0.364 bits per heavy atom. The molecule has 0 atom stereocenters. The number of hydrogen-bond acceptors (Lipinski definition) is 0. The quantitative estimate of drug-likeness (QED) is 0.253. The zero-order valence-electron chi connectivity index (χ0n) is 17.5. The molecular weight excluding hydrogens is 478 g/mol. The van der Waals surface area contributed by atoms with E-state index in [1.165, 1.54) is 0 Å². The van der Waals surface area contributed by atoms with Crippen molar-refractivity contribution in [3.63, 3.8) is 0 Å². The molecule has 0 fully saturated rings. The second-order valence-electron chi connectivity index (χ2n) is 9.04. The Hall–Kier alpha value is 1.16. The van der Waals surface area contributed by atoms with E-state index in [1.807, 2.05) is 0 Å². The van der Waals surface area contributed by atoms with Crippen LogP contribution in [0.4, 0.5) is 0 Å². The van der Waals surface area contributed by atoms with Crippen molar-refractivity contribution in [2.45, 2.75) is 107 Å². The van der Waals surface area contributed by atoms with Crippen LogP contribution in [0, 0.1) is 7.87 Å². The summed E-state index contributed by atoms with van der Waals surface area (Å²) in [5, 5.41) is 0. The molecule has 0 unspecified atom stereocenters. The van der Waals surface area contributed by atoms with Gasteiger partial charge >= 0.3 is 151 Å². The van der Waals surface area contributed by atoms with Gasteiger partial charge in [0, 0.05) is 0 Å². The molecule has 0 spiro atoms. The van der Waals surface area contributed by atoms with E-state index in [0.717, 1.165) is 23.6 Å². The van der Waals surface area contributed by atoms with Crippen molar-refractivity contribution in [2.24, 2.45) is 0 Å². The van der Waals surface area contributed by atoms with Crippen molar-refractivity contribution in [2.75, 3.05) is 0 Å². The molecule has 0 saturated carbocycles. The van der Waals surface area contributed by atoms with Crippen LogP contribution in [0.25, 0.3) is 0 Å². The van der Waals surface area contributed by atoms with Crippen LogP contribution in [0.5, 0.6) is 0 Å². The Bertz CT molecular complexity index is 312. The van der Waals surface area contributed by atoms with Crippen LogP contribution >= 0.6 is 0 Å². The maximum absolute atomic E-state index is 4.17. The molecule has 0 aromatic heterocycles. The third-order valence-corrected chi connectivity index (χ3v) is 44.2. The van der Waals surface area contributed by atoms with Crippen LogP contribution in [0.1, 0.15) is 83.1 Å². The zero-order valence-corrected chi connectivity index (χ0v) is 23.2. The molecule has 0 aromatic carbocycles. The third-order valence-electron chi connectivity index (χ3n) is 6.23. The molecule has 0 rings (SSSR count). The molecule has 0 aromatic rings. The molecule has 0 aliphatic heterocycles. The van der Waals surface area contributed by atoms with E-state index >= 15 is 0 Å². The summed E-state index contributed by atoms with van der Waals surface area (Å²) in [7, 11) is 0. The molecule has 0 amide bonds. The monoisotopic (exact) mass is 522 g/mol. The van der Waals surface area contributed by atoms with E-state index < -0.39 is 36.8 Å². The summed E-state index contributed by atoms with van der Waals surface area (Å²) < 4.78 is 13.2. The molecular formula is C20H42Sn2. The van der Waals surface area contributed by atoms with Crippen molar-refractivity contribution in [1.82, 2.24) is 0 Å². The van der Waals surface area contributed by atoms with Gasteiger partial charge in [-0.25, -0.2) is 0 Å². The van der Waals surface area contributed by atoms with Crippen molar-refractivity contribution in [3.8, 4) is 7.87 Å². The molecule has 2 heteroatoms. The summed E-state index contributed by atoms with van der Waals surface area (Å²) in [5.74, 6) is 0. The molecule has 0 saturated heterocycles. The predicted molar refractivity (Wildman–Crippen MR) is 110 cm³/mol. The summed E-state index contributed by atoms with van der Waals surface area (Å²) in [6, 6.07) is 0. The molecule has 0 bridgehead atoms. The second kappa shape index (κ2) is 9.02. The van der Waals surface area contributed by atoms with Crippen LogP contribution in [-0.4, -0.2) is 36.8 Å². The Labute approximate surface area is 150 Å². The molecule has 130 valence electrons. The molecule has 0 aliphatic carbocycles. The third kappa shape index (κ3) is 4.41. The van der Waals surface area contributed by atoms with Gasteiger partial charge in [-0.3, -0.25) is 0 Å². The van der Waals surface area contributed by atoms with Crippen molar-refractivity contribution in [3.05, 3.63) is 0 Å². The van der Waals surface area contributed by atoms with E-state index in [2.05, 4.69) is 91.0 Å². The fourth-order valence-corrected chi connectivity index (χ4v) is 42.4. The Morgan fingerprint density at radius 3 is 0.591 bits per heavy atom. The minimum absolute atomic E-state index is 0.817. The van der Waals surface area contributed by atoms with Gasteiger partial charge in [0.2, 0.25) is 0 Å². The van der Waals surface area contributed by atoms with Gasteiger partial charge < -0.3 is 0 Å². The first-order valence-corrected chi connectivity index (χ1v) is 22.2. The summed E-state index contributed by atoms with van der Waals surface area (Å²) in [5.41, 5.74) is 0. The van der Waals surface area contributed by atoms with Crippen molar-refractivity contribution >= 4 is 36.8 Å². The van der Waals surface area contributed by atoms with Crippen LogP contribution in [0.3, 0.4) is 0 Å². The summed E-state index contributed by atoms with van der Waals surface area (Å²) in [4.78, 5) is 0. The van der Waals surface area contributed by atoms with Gasteiger partial charge in [0.25, 0.3) is 0 Å². The van der Waals surface area contributed by atoms with Crippen LogP contribution in [0.2, 0.25) is 23.6 Å². The second-order valence-corrected chi connectivity index (χ2v) is 40.9. The number of hydrogen-bond donors (Lipinski definition) is 0. The van der Waals surface area contributed by atoms with Crippen LogP contribution < -0.4 is 0 Å². The van der Waals surface area contributed by atoms with E-state index in [-0.39, 0.29) is 0 Å². The van der Waals surface area contributed by atoms with E-state index in [1.54, 1.807) is 0 Å². The minimum atomic E-state index is -2.47. The van der Waals surface area contributed by atoms with Crippen LogP contribution in [0.15, 0.2) is 0 Å². The van der Waals surface area contributed by atoms with Gasteiger partial charge in [0.05, 0.1) is 0 Å².